The molecule has 2 atom stereocenters. The first-order valence-corrected chi connectivity index (χ1v) is 7.26. The molecule has 0 amide bonds. The van der Waals surface area contributed by atoms with E-state index >= 15 is 0 Å². The van der Waals surface area contributed by atoms with Gasteiger partial charge < -0.3 is 5.32 Å². The molecule has 1 N–H and O–H groups in total. The van der Waals surface area contributed by atoms with Crippen LogP contribution >= 0.6 is 0 Å². The van der Waals surface area contributed by atoms with Crippen molar-refractivity contribution >= 4 is 11.8 Å². The molecule has 4 heteroatoms. The van der Waals surface area contributed by atoms with Gasteiger partial charge in [0.1, 0.15) is 0 Å². The van der Waals surface area contributed by atoms with Crippen LogP contribution in [0.4, 0.5) is 5.69 Å². The molecule has 0 aliphatic carbocycles. The fraction of sp³-hybridized carbons (Fsp3) is 0.500. The number of nitrogens with one attached hydrogen (secondary N) is 1. The molecule has 0 saturated carbocycles. The van der Waals surface area contributed by atoms with E-state index < -0.39 is 0 Å². The lowest BCUT2D eigenvalue weighted by atomic mass is 9.90. The molecule has 1 saturated heterocycles. The predicted octanol–water partition coefficient (Wildman–Crippen LogP) is 3.69. The zero-order valence-electron chi connectivity index (χ0n) is 12.1. The Bertz CT molecular complexity index is 511. The number of benzene rings is 1. The summed E-state index contributed by atoms with van der Waals surface area (Å²) in [6, 6.07) is 5.76. The number of nitrogens with zero attached hydrogens (tertiary/aromatic N) is 1. The Hall–Kier alpha value is -1.68. The highest BCUT2D eigenvalue weighted by Crippen LogP contribution is 2.22. The van der Waals surface area contributed by atoms with Crippen molar-refractivity contribution in [2.75, 3.05) is 6.54 Å². The maximum atomic E-state index is 10.9. The van der Waals surface area contributed by atoms with E-state index in [0.29, 0.717) is 11.6 Å². The van der Waals surface area contributed by atoms with Gasteiger partial charge in [0.05, 0.1) is 4.92 Å². The largest absolute Gasteiger partial charge is 0.310 e. The van der Waals surface area contributed by atoms with Gasteiger partial charge in [0.25, 0.3) is 5.69 Å². The second kappa shape index (κ2) is 6.66. The molecule has 1 aromatic rings. The fourth-order valence-corrected chi connectivity index (χ4v) is 2.70. The third kappa shape index (κ3) is 3.67. The number of piperidine rings is 1. The summed E-state index contributed by atoms with van der Waals surface area (Å²) in [6.07, 6.45) is 7.75. The quantitative estimate of drug-likeness (QED) is 0.673. The minimum Gasteiger partial charge on any atom is -0.310 e. The van der Waals surface area contributed by atoms with Gasteiger partial charge in [-0.25, -0.2) is 0 Å². The van der Waals surface area contributed by atoms with Crippen LogP contribution in [-0.2, 0) is 0 Å². The number of hydrogen-bond donors (Lipinski definition) is 1. The van der Waals surface area contributed by atoms with Crippen molar-refractivity contribution in [1.29, 1.82) is 0 Å². The molecule has 20 heavy (non-hydrogen) atoms. The Kier molecular flexibility index (Phi) is 4.90. The first-order chi connectivity index (χ1) is 9.60. The average molecular weight is 274 g/mol. The standard InChI is InChI=1S/C16H22N2O2/c1-3-13-8-9-17-15(10-13)7-6-14-5-4-12(2)16(11-14)18(19)20/h4-7,11,13,15,17H,3,8-10H2,1-2H3/b7-6+. The molecule has 0 spiro atoms. The smallest absolute Gasteiger partial charge is 0.272 e. The fourth-order valence-electron chi connectivity index (χ4n) is 2.70. The molecule has 108 valence electrons. The second-order valence-corrected chi connectivity index (χ2v) is 5.52. The van der Waals surface area contributed by atoms with Crippen LogP contribution in [-0.4, -0.2) is 17.5 Å². The lowest BCUT2D eigenvalue weighted by Crippen LogP contribution is -2.36. The van der Waals surface area contributed by atoms with E-state index in [0.717, 1.165) is 24.4 Å². The molecule has 1 aromatic carbocycles. The Morgan fingerprint density at radius 3 is 3.00 bits per heavy atom. The van der Waals surface area contributed by atoms with Crippen molar-refractivity contribution < 1.29 is 4.92 Å². The molecular weight excluding hydrogens is 252 g/mol. The van der Waals surface area contributed by atoms with Crippen LogP contribution in [0.3, 0.4) is 0 Å². The summed E-state index contributed by atoms with van der Waals surface area (Å²) < 4.78 is 0. The van der Waals surface area contributed by atoms with E-state index in [1.165, 1.54) is 12.8 Å². The van der Waals surface area contributed by atoms with Crippen molar-refractivity contribution in [2.45, 2.75) is 39.2 Å². The van der Waals surface area contributed by atoms with Gasteiger partial charge in [0, 0.05) is 17.7 Å². The third-order valence-electron chi connectivity index (χ3n) is 4.07. The van der Waals surface area contributed by atoms with Crippen LogP contribution in [0.1, 0.15) is 37.3 Å². The summed E-state index contributed by atoms with van der Waals surface area (Å²) in [6.45, 7) is 5.06. The molecule has 1 heterocycles. The van der Waals surface area contributed by atoms with Gasteiger partial charge in [-0.1, -0.05) is 37.6 Å². The zero-order valence-corrected chi connectivity index (χ0v) is 12.1. The first-order valence-electron chi connectivity index (χ1n) is 7.26. The summed E-state index contributed by atoms with van der Waals surface area (Å²) in [5.41, 5.74) is 1.78. The summed E-state index contributed by atoms with van der Waals surface area (Å²) >= 11 is 0. The number of nitro groups is 1. The van der Waals surface area contributed by atoms with Gasteiger partial charge in [0.15, 0.2) is 0 Å². The van der Waals surface area contributed by atoms with Crippen molar-refractivity contribution in [3.63, 3.8) is 0 Å². The lowest BCUT2D eigenvalue weighted by molar-refractivity contribution is -0.385. The van der Waals surface area contributed by atoms with Crippen LogP contribution in [0.5, 0.6) is 0 Å². The monoisotopic (exact) mass is 274 g/mol. The van der Waals surface area contributed by atoms with Crippen LogP contribution in [0.2, 0.25) is 0 Å². The highest BCUT2D eigenvalue weighted by Gasteiger charge is 2.17. The summed E-state index contributed by atoms with van der Waals surface area (Å²) in [4.78, 5) is 10.6. The van der Waals surface area contributed by atoms with E-state index in [1.54, 1.807) is 19.1 Å². The van der Waals surface area contributed by atoms with Crippen LogP contribution < -0.4 is 5.32 Å². The molecule has 0 aromatic heterocycles. The Morgan fingerprint density at radius 1 is 1.50 bits per heavy atom. The van der Waals surface area contributed by atoms with Crippen molar-refractivity contribution in [3.8, 4) is 0 Å². The number of nitro benzene ring substituents is 1. The highest BCUT2D eigenvalue weighted by atomic mass is 16.6. The van der Waals surface area contributed by atoms with E-state index in [-0.39, 0.29) is 10.6 Å². The number of aryl methyl sites for hydroxylation is 1. The van der Waals surface area contributed by atoms with Crippen molar-refractivity contribution in [2.24, 2.45) is 5.92 Å². The van der Waals surface area contributed by atoms with Gasteiger partial charge in [0.2, 0.25) is 0 Å². The minimum atomic E-state index is -0.321. The van der Waals surface area contributed by atoms with Gasteiger partial charge in [-0.15, -0.1) is 0 Å². The van der Waals surface area contributed by atoms with Crippen molar-refractivity contribution in [1.82, 2.24) is 5.32 Å². The van der Waals surface area contributed by atoms with Gasteiger partial charge in [-0.3, -0.25) is 10.1 Å². The average Bonchev–Trinajstić information content (AvgIpc) is 2.46. The number of hydrogen-bond acceptors (Lipinski definition) is 3. The Balaban J connectivity index is 2.07. The summed E-state index contributed by atoms with van der Waals surface area (Å²) in [5, 5.41) is 14.4. The van der Waals surface area contributed by atoms with Gasteiger partial charge >= 0.3 is 0 Å². The first kappa shape index (κ1) is 14.7. The second-order valence-electron chi connectivity index (χ2n) is 5.52. The predicted molar refractivity (Wildman–Crippen MR) is 81.7 cm³/mol. The molecule has 2 unspecified atom stereocenters. The third-order valence-corrected chi connectivity index (χ3v) is 4.07. The molecule has 1 aliphatic rings. The topological polar surface area (TPSA) is 55.2 Å². The zero-order chi connectivity index (χ0) is 14.5. The lowest BCUT2D eigenvalue weighted by Gasteiger charge is -2.27. The van der Waals surface area contributed by atoms with Crippen molar-refractivity contribution in [3.05, 3.63) is 45.5 Å². The van der Waals surface area contributed by atoms with Crippen LogP contribution in [0.15, 0.2) is 24.3 Å². The maximum absolute atomic E-state index is 10.9. The molecular formula is C16H22N2O2. The number of rotatable bonds is 4. The maximum Gasteiger partial charge on any atom is 0.272 e. The normalized spacial score (nSPS) is 23.1. The van der Waals surface area contributed by atoms with E-state index in [4.69, 9.17) is 0 Å². The highest BCUT2D eigenvalue weighted by molar-refractivity contribution is 5.56. The Labute approximate surface area is 120 Å². The molecule has 0 bridgehead atoms. The molecule has 2 rings (SSSR count). The van der Waals surface area contributed by atoms with Gasteiger partial charge in [-0.2, -0.15) is 0 Å². The summed E-state index contributed by atoms with van der Waals surface area (Å²) in [7, 11) is 0. The van der Waals surface area contributed by atoms with E-state index in [2.05, 4.69) is 18.3 Å². The Morgan fingerprint density at radius 2 is 2.30 bits per heavy atom. The minimum absolute atomic E-state index is 0.190. The molecule has 4 nitrogen and oxygen atoms in total. The van der Waals surface area contributed by atoms with Gasteiger partial charge in [-0.05, 0) is 37.8 Å². The van der Waals surface area contributed by atoms with E-state index in [1.807, 2.05) is 12.1 Å². The van der Waals surface area contributed by atoms with E-state index in [9.17, 15) is 10.1 Å². The molecule has 0 radical (unpaired) electrons. The SMILES string of the molecule is CCC1CCNC(/C=C/c2ccc(C)c([N+](=O)[O-])c2)C1. The summed E-state index contributed by atoms with van der Waals surface area (Å²) in [5.74, 6) is 0.790. The molecule has 1 aliphatic heterocycles. The molecule has 1 fully saturated rings. The van der Waals surface area contributed by atoms with Crippen LogP contribution in [0.25, 0.3) is 6.08 Å². The van der Waals surface area contributed by atoms with Crippen LogP contribution in [0, 0.1) is 23.0 Å².